The van der Waals surface area contributed by atoms with E-state index in [9.17, 15) is 4.79 Å². The quantitative estimate of drug-likeness (QED) is 0.545. The summed E-state index contributed by atoms with van der Waals surface area (Å²) < 4.78 is 2.19. The molecule has 1 heterocycles. The highest BCUT2D eigenvalue weighted by Crippen LogP contribution is 2.40. The van der Waals surface area contributed by atoms with E-state index in [0.29, 0.717) is 12.5 Å². The Bertz CT molecular complexity index is 938. The molecule has 1 unspecified atom stereocenters. The standard InChI is InChI=1S/C23H26N4OS/c1-17(22(28)24-15-14-18-8-4-2-5-9-18)29-23-26-25-21(20-12-13-20)27(23)16-19-10-6-3-7-11-19/h2-11,17,20H,12-16H2,1H3,(H,24,28). The van der Waals surface area contributed by atoms with Crippen LogP contribution >= 0.6 is 11.8 Å². The first kappa shape index (κ1) is 19.7. The van der Waals surface area contributed by atoms with E-state index in [0.717, 1.165) is 23.9 Å². The maximum atomic E-state index is 12.6. The van der Waals surface area contributed by atoms with Crippen molar-refractivity contribution >= 4 is 17.7 Å². The monoisotopic (exact) mass is 406 g/mol. The fourth-order valence-corrected chi connectivity index (χ4v) is 4.16. The SMILES string of the molecule is CC(Sc1nnc(C2CC2)n1Cc1ccccc1)C(=O)NCCc1ccccc1. The minimum atomic E-state index is -0.225. The van der Waals surface area contributed by atoms with Crippen molar-refractivity contribution in [2.24, 2.45) is 0 Å². The minimum absolute atomic E-state index is 0.0353. The Morgan fingerprint density at radius 1 is 1.07 bits per heavy atom. The van der Waals surface area contributed by atoms with Crippen molar-refractivity contribution in [2.75, 3.05) is 6.54 Å². The van der Waals surface area contributed by atoms with E-state index < -0.39 is 0 Å². The van der Waals surface area contributed by atoms with Crippen LogP contribution < -0.4 is 5.32 Å². The van der Waals surface area contributed by atoms with Crippen LogP contribution in [-0.2, 0) is 17.8 Å². The lowest BCUT2D eigenvalue weighted by molar-refractivity contribution is -0.120. The van der Waals surface area contributed by atoms with Crippen molar-refractivity contribution in [3.8, 4) is 0 Å². The maximum Gasteiger partial charge on any atom is 0.233 e. The van der Waals surface area contributed by atoms with Crippen LogP contribution in [0, 0.1) is 0 Å². The predicted molar refractivity (Wildman–Crippen MR) is 116 cm³/mol. The Balaban J connectivity index is 1.38. The zero-order valence-corrected chi connectivity index (χ0v) is 17.4. The molecule has 1 N–H and O–H groups in total. The molecular weight excluding hydrogens is 380 g/mol. The Kier molecular flexibility index (Phi) is 6.30. The van der Waals surface area contributed by atoms with Crippen LogP contribution in [0.5, 0.6) is 0 Å². The van der Waals surface area contributed by atoms with Gasteiger partial charge >= 0.3 is 0 Å². The van der Waals surface area contributed by atoms with Crippen molar-refractivity contribution in [1.82, 2.24) is 20.1 Å². The number of hydrogen-bond donors (Lipinski definition) is 1. The van der Waals surface area contributed by atoms with Gasteiger partial charge in [0, 0.05) is 12.5 Å². The molecule has 5 nitrogen and oxygen atoms in total. The molecule has 1 saturated carbocycles. The number of hydrogen-bond acceptors (Lipinski definition) is 4. The average Bonchev–Trinajstić information content (AvgIpc) is 3.52. The van der Waals surface area contributed by atoms with Gasteiger partial charge in [-0.25, -0.2) is 0 Å². The van der Waals surface area contributed by atoms with Crippen LogP contribution in [0.1, 0.15) is 42.6 Å². The van der Waals surface area contributed by atoms with E-state index in [4.69, 9.17) is 0 Å². The molecule has 1 atom stereocenters. The van der Waals surface area contributed by atoms with E-state index in [1.165, 1.54) is 35.7 Å². The summed E-state index contributed by atoms with van der Waals surface area (Å²) in [4.78, 5) is 12.6. The van der Waals surface area contributed by atoms with Crippen LogP contribution in [0.3, 0.4) is 0 Å². The number of carbonyl (C=O) groups excluding carboxylic acids is 1. The van der Waals surface area contributed by atoms with Gasteiger partial charge in [-0.3, -0.25) is 4.79 Å². The van der Waals surface area contributed by atoms with Crippen molar-refractivity contribution in [1.29, 1.82) is 0 Å². The first-order chi connectivity index (χ1) is 14.2. The van der Waals surface area contributed by atoms with E-state index in [-0.39, 0.29) is 11.2 Å². The smallest absolute Gasteiger partial charge is 0.233 e. The highest BCUT2D eigenvalue weighted by atomic mass is 32.2. The third-order valence-corrected chi connectivity index (χ3v) is 6.16. The molecule has 0 spiro atoms. The molecule has 1 aromatic heterocycles. The molecule has 1 aliphatic rings. The first-order valence-electron chi connectivity index (χ1n) is 10.2. The Labute approximate surface area is 175 Å². The van der Waals surface area contributed by atoms with Gasteiger partial charge in [-0.05, 0) is 37.3 Å². The topological polar surface area (TPSA) is 59.8 Å². The second kappa shape index (κ2) is 9.27. The highest BCUT2D eigenvalue weighted by molar-refractivity contribution is 8.00. The van der Waals surface area contributed by atoms with Gasteiger partial charge in [-0.2, -0.15) is 0 Å². The van der Waals surface area contributed by atoms with Gasteiger partial charge in [-0.1, -0.05) is 72.4 Å². The fraction of sp³-hybridized carbons (Fsp3) is 0.348. The van der Waals surface area contributed by atoms with Crippen LogP contribution in [0.4, 0.5) is 0 Å². The largest absolute Gasteiger partial charge is 0.355 e. The van der Waals surface area contributed by atoms with Gasteiger partial charge < -0.3 is 9.88 Å². The molecule has 0 aliphatic heterocycles. The lowest BCUT2D eigenvalue weighted by atomic mass is 10.1. The summed E-state index contributed by atoms with van der Waals surface area (Å²) in [5, 5.41) is 12.5. The third kappa shape index (κ3) is 5.26. The fourth-order valence-electron chi connectivity index (χ4n) is 3.28. The van der Waals surface area contributed by atoms with E-state index in [2.05, 4.69) is 44.3 Å². The summed E-state index contributed by atoms with van der Waals surface area (Å²) in [7, 11) is 0. The molecule has 1 fully saturated rings. The molecule has 6 heteroatoms. The molecule has 2 aromatic carbocycles. The van der Waals surface area contributed by atoms with Crippen molar-refractivity contribution < 1.29 is 4.79 Å². The number of carbonyl (C=O) groups is 1. The van der Waals surface area contributed by atoms with Crippen molar-refractivity contribution in [3.63, 3.8) is 0 Å². The lowest BCUT2D eigenvalue weighted by Crippen LogP contribution is -2.32. The number of aromatic nitrogens is 3. The number of amides is 1. The minimum Gasteiger partial charge on any atom is -0.355 e. The highest BCUT2D eigenvalue weighted by Gasteiger charge is 2.31. The third-order valence-electron chi connectivity index (χ3n) is 5.08. The predicted octanol–water partition coefficient (Wildman–Crippen LogP) is 4.04. The first-order valence-corrected chi connectivity index (χ1v) is 11.0. The summed E-state index contributed by atoms with van der Waals surface area (Å²) in [6.45, 7) is 3.31. The van der Waals surface area contributed by atoms with Crippen LogP contribution in [0.15, 0.2) is 65.8 Å². The van der Waals surface area contributed by atoms with Gasteiger partial charge in [0.1, 0.15) is 5.82 Å². The summed E-state index contributed by atoms with van der Waals surface area (Å²) in [6, 6.07) is 20.6. The van der Waals surface area contributed by atoms with Gasteiger partial charge in [0.2, 0.25) is 5.91 Å². The number of rotatable bonds is 9. The Morgan fingerprint density at radius 2 is 1.72 bits per heavy atom. The second-order valence-electron chi connectivity index (χ2n) is 7.47. The molecule has 29 heavy (non-hydrogen) atoms. The maximum absolute atomic E-state index is 12.6. The van der Waals surface area contributed by atoms with Crippen LogP contribution in [-0.4, -0.2) is 32.5 Å². The molecule has 3 aromatic rings. The second-order valence-corrected chi connectivity index (χ2v) is 8.78. The van der Waals surface area contributed by atoms with Gasteiger partial charge in [0.15, 0.2) is 5.16 Å². The number of thioether (sulfide) groups is 1. The zero-order chi connectivity index (χ0) is 20.1. The van der Waals surface area contributed by atoms with Gasteiger partial charge in [0.25, 0.3) is 0 Å². The van der Waals surface area contributed by atoms with E-state index in [1.807, 2.05) is 43.3 Å². The Morgan fingerprint density at radius 3 is 2.38 bits per heavy atom. The lowest BCUT2D eigenvalue weighted by Gasteiger charge is -2.14. The van der Waals surface area contributed by atoms with E-state index >= 15 is 0 Å². The molecule has 0 bridgehead atoms. The zero-order valence-electron chi connectivity index (χ0n) is 16.6. The Hall–Kier alpha value is -2.60. The van der Waals surface area contributed by atoms with Crippen LogP contribution in [0.25, 0.3) is 0 Å². The molecule has 0 radical (unpaired) electrons. The molecular formula is C23H26N4OS. The molecule has 150 valence electrons. The van der Waals surface area contributed by atoms with Gasteiger partial charge in [0.05, 0.1) is 11.8 Å². The molecule has 0 saturated heterocycles. The number of benzene rings is 2. The van der Waals surface area contributed by atoms with Gasteiger partial charge in [-0.15, -0.1) is 10.2 Å². The normalized spacial score (nSPS) is 14.5. The number of nitrogens with zero attached hydrogens (tertiary/aromatic N) is 3. The van der Waals surface area contributed by atoms with Crippen molar-refractivity contribution in [3.05, 3.63) is 77.6 Å². The summed E-state index contributed by atoms with van der Waals surface area (Å²) in [5.74, 6) is 1.59. The average molecular weight is 407 g/mol. The molecule has 4 rings (SSSR count). The summed E-state index contributed by atoms with van der Waals surface area (Å²) >= 11 is 1.49. The molecule has 1 aliphatic carbocycles. The molecule has 1 amide bonds. The summed E-state index contributed by atoms with van der Waals surface area (Å²) in [6.07, 6.45) is 3.18. The van der Waals surface area contributed by atoms with Crippen LogP contribution in [0.2, 0.25) is 0 Å². The summed E-state index contributed by atoms with van der Waals surface area (Å²) in [5.41, 5.74) is 2.45. The van der Waals surface area contributed by atoms with Crippen molar-refractivity contribution in [2.45, 2.75) is 49.1 Å². The van der Waals surface area contributed by atoms with E-state index in [1.54, 1.807) is 0 Å². The number of nitrogens with one attached hydrogen (secondary N) is 1.